The maximum Gasteiger partial charge on any atom is 0.421 e. The minimum absolute atomic E-state index is 0.216. The van der Waals surface area contributed by atoms with Crippen molar-refractivity contribution in [1.82, 2.24) is 9.55 Å². The van der Waals surface area contributed by atoms with Crippen molar-refractivity contribution in [2.45, 2.75) is 42.8 Å². The summed E-state index contributed by atoms with van der Waals surface area (Å²) in [5.74, 6) is -0.445. The first-order valence-corrected chi connectivity index (χ1v) is 5.23. The molecule has 0 amide bonds. The lowest BCUT2D eigenvalue weighted by Crippen LogP contribution is -2.70. The fraction of sp³-hybridized carbons (Fsp3) is 0.700. The van der Waals surface area contributed by atoms with Crippen LogP contribution in [0, 0.1) is 0 Å². The summed E-state index contributed by atoms with van der Waals surface area (Å²) >= 11 is 0. The molecule has 7 heteroatoms. The highest BCUT2D eigenvalue weighted by atomic mass is 19.4. The summed E-state index contributed by atoms with van der Waals surface area (Å²) in [5.41, 5.74) is -1.79. The van der Waals surface area contributed by atoms with Crippen LogP contribution in [0.15, 0.2) is 12.4 Å². The lowest BCUT2D eigenvalue weighted by Gasteiger charge is -2.66. The van der Waals surface area contributed by atoms with Crippen LogP contribution >= 0.6 is 0 Å². The van der Waals surface area contributed by atoms with Gasteiger partial charge in [0.25, 0.3) is 0 Å². The third-order valence-corrected chi connectivity index (χ3v) is 3.67. The molecule has 0 aliphatic heterocycles. The van der Waals surface area contributed by atoms with Crippen molar-refractivity contribution in [3.63, 3.8) is 0 Å². The number of alkyl halides is 4. The molecule has 94 valence electrons. The van der Waals surface area contributed by atoms with E-state index in [4.69, 9.17) is 0 Å². The van der Waals surface area contributed by atoms with Crippen molar-refractivity contribution in [2.24, 2.45) is 0 Å². The summed E-state index contributed by atoms with van der Waals surface area (Å²) in [6.45, 7) is 0. The van der Waals surface area contributed by atoms with Crippen LogP contribution in [0.4, 0.5) is 17.6 Å². The van der Waals surface area contributed by atoms with E-state index >= 15 is 0 Å². The second-order valence-electron chi connectivity index (χ2n) is 5.01. The van der Waals surface area contributed by atoms with Gasteiger partial charge in [-0.2, -0.15) is 13.2 Å². The highest BCUT2D eigenvalue weighted by Gasteiger charge is 2.71. The minimum Gasteiger partial charge on any atom is -0.377 e. The Morgan fingerprint density at radius 3 is 2.41 bits per heavy atom. The maximum absolute atomic E-state index is 13.4. The molecule has 3 aliphatic rings. The predicted molar refractivity (Wildman–Crippen MR) is 48.9 cm³/mol. The zero-order chi connectivity index (χ0) is 12.5. The van der Waals surface area contributed by atoms with Gasteiger partial charge in [0.15, 0.2) is 0 Å². The van der Waals surface area contributed by atoms with E-state index in [0.717, 1.165) is 0 Å². The molecule has 3 fully saturated rings. The van der Waals surface area contributed by atoms with E-state index in [-0.39, 0.29) is 19.3 Å². The van der Waals surface area contributed by atoms with Crippen LogP contribution in [0.5, 0.6) is 0 Å². The molecule has 3 nitrogen and oxygen atoms in total. The molecule has 0 spiro atoms. The van der Waals surface area contributed by atoms with Crippen molar-refractivity contribution in [3.8, 4) is 0 Å². The van der Waals surface area contributed by atoms with Crippen molar-refractivity contribution >= 4 is 0 Å². The number of halogens is 4. The van der Waals surface area contributed by atoms with E-state index in [0.29, 0.717) is 0 Å². The first-order chi connectivity index (χ1) is 7.76. The molecule has 1 atom stereocenters. The predicted octanol–water partition coefficient (Wildman–Crippen LogP) is 2.08. The van der Waals surface area contributed by atoms with Crippen LogP contribution in [-0.4, -0.2) is 26.5 Å². The lowest BCUT2D eigenvalue weighted by molar-refractivity contribution is -0.222. The fourth-order valence-corrected chi connectivity index (χ4v) is 2.93. The van der Waals surface area contributed by atoms with Crippen LogP contribution < -0.4 is 0 Å². The fourth-order valence-electron chi connectivity index (χ4n) is 2.93. The summed E-state index contributed by atoms with van der Waals surface area (Å²) in [7, 11) is 0. The summed E-state index contributed by atoms with van der Waals surface area (Å²) < 4.78 is 51.9. The van der Waals surface area contributed by atoms with E-state index in [1.54, 1.807) is 0 Å². The molecular weight excluding hydrogens is 240 g/mol. The van der Waals surface area contributed by atoms with Crippen molar-refractivity contribution in [1.29, 1.82) is 0 Å². The molecule has 1 aromatic heterocycles. The van der Waals surface area contributed by atoms with Gasteiger partial charge in [-0.3, -0.25) is 0 Å². The number of nitrogens with zero attached hydrogens (tertiary/aromatic N) is 2. The van der Waals surface area contributed by atoms with Gasteiger partial charge >= 0.3 is 6.18 Å². The van der Waals surface area contributed by atoms with Gasteiger partial charge in [-0.15, -0.1) is 0 Å². The van der Waals surface area contributed by atoms with Gasteiger partial charge in [0.05, 0.1) is 5.54 Å². The van der Waals surface area contributed by atoms with Crippen LogP contribution in [0.2, 0.25) is 0 Å². The van der Waals surface area contributed by atoms with E-state index in [2.05, 4.69) is 4.98 Å². The Kier molecular flexibility index (Phi) is 1.83. The Bertz CT molecular complexity index is 447. The average Bonchev–Trinajstić information content (AvgIpc) is 2.56. The van der Waals surface area contributed by atoms with Crippen molar-refractivity contribution in [2.75, 3.05) is 0 Å². The Hall–Kier alpha value is -1.11. The summed E-state index contributed by atoms with van der Waals surface area (Å²) in [6, 6.07) is 0. The largest absolute Gasteiger partial charge is 0.421 e. The van der Waals surface area contributed by atoms with Gasteiger partial charge in [0, 0.05) is 31.7 Å². The number of aliphatic hydroxyl groups is 1. The molecule has 1 heterocycles. The molecule has 3 aliphatic carbocycles. The molecule has 0 saturated heterocycles. The SMILES string of the molecule is OC(c1nccn1C12CC(F)(C1)C2)C(F)(F)F. The average molecular weight is 250 g/mol. The number of imidazole rings is 1. The highest BCUT2D eigenvalue weighted by molar-refractivity contribution is 5.25. The van der Waals surface area contributed by atoms with Crippen LogP contribution in [0.1, 0.15) is 31.2 Å². The normalized spacial score (nSPS) is 37.2. The standard InChI is InChI=1S/C10H10F4N2O/c11-8-3-9(4-8,5-8)16-2-1-15-7(16)6(17)10(12,13)14/h1-2,6,17H,3-5H2. The van der Waals surface area contributed by atoms with Gasteiger partial charge in [-0.1, -0.05) is 0 Å². The molecule has 2 bridgehead atoms. The van der Waals surface area contributed by atoms with E-state index < -0.39 is 29.3 Å². The van der Waals surface area contributed by atoms with Gasteiger partial charge in [0.2, 0.25) is 6.10 Å². The smallest absolute Gasteiger partial charge is 0.377 e. The summed E-state index contributed by atoms with van der Waals surface area (Å²) in [6.07, 6.45) is -4.13. The monoisotopic (exact) mass is 250 g/mol. The Morgan fingerprint density at radius 2 is 1.94 bits per heavy atom. The quantitative estimate of drug-likeness (QED) is 0.816. The number of hydrogen-bond donors (Lipinski definition) is 1. The molecule has 0 radical (unpaired) electrons. The number of hydrogen-bond acceptors (Lipinski definition) is 2. The second-order valence-corrected chi connectivity index (χ2v) is 5.01. The molecule has 1 aromatic rings. The van der Waals surface area contributed by atoms with Gasteiger partial charge in [-0.25, -0.2) is 9.37 Å². The molecule has 1 unspecified atom stereocenters. The molecule has 4 rings (SSSR count). The van der Waals surface area contributed by atoms with Crippen LogP contribution in [-0.2, 0) is 5.54 Å². The first-order valence-electron chi connectivity index (χ1n) is 5.23. The first kappa shape index (κ1) is 11.0. The zero-order valence-corrected chi connectivity index (χ0v) is 8.71. The van der Waals surface area contributed by atoms with Gasteiger partial charge in [-0.05, 0) is 0 Å². The second kappa shape index (κ2) is 2.82. The summed E-state index contributed by atoms with van der Waals surface area (Å²) in [4.78, 5) is 3.55. The molecule has 1 N–H and O–H groups in total. The Morgan fingerprint density at radius 1 is 1.35 bits per heavy atom. The summed E-state index contributed by atoms with van der Waals surface area (Å²) in [5, 5.41) is 9.19. The number of rotatable bonds is 2. The highest BCUT2D eigenvalue weighted by Crippen LogP contribution is 2.67. The number of aliphatic hydroxyl groups excluding tert-OH is 1. The van der Waals surface area contributed by atoms with Crippen LogP contribution in [0.25, 0.3) is 0 Å². The van der Waals surface area contributed by atoms with E-state index in [1.807, 2.05) is 0 Å². The van der Waals surface area contributed by atoms with E-state index in [1.165, 1.54) is 17.0 Å². The van der Waals surface area contributed by atoms with Crippen molar-refractivity contribution in [3.05, 3.63) is 18.2 Å². The molecule has 0 aromatic carbocycles. The molecular formula is C10H10F4N2O. The topological polar surface area (TPSA) is 38.1 Å². The van der Waals surface area contributed by atoms with E-state index in [9.17, 15) is 22.7 Å². The minimum atomic E-state index is -4.75. The zero-order valence-electron chi connectivity index (χ0n) is 8.71. The Labute approximate surface area is 94.1 Å². The lowest BCUT2D eigenvalue weighted by atomic mass is 9.47. The van der Waals surface area contributed by atoms with Crippen LogP contribution in [0.3, 0.4) is 0 Å². The molecule has 3 saturated carbocycles. The third-order valence-electron chi connectivity index (χ3n) is 3.67. The Balaban J connectivity index is 1.91. The maximum atomic E-state index is 13.4. The van der Waals surface area contributed by atoms with Gasteiger partial charge in [0.1, 0.15) is 11.5 Å². The third kappa shape index (κ3) is 1.34. The number of aromatic nitrogens is 2. The van der Waals surface area contributed by atoms with Gasteiger partial charge < -0.3 is 9.67 Å². The molecule has 17 heavy (non-hydrogen) atoms. The van der Waals surface area contributed by atoms with Crippen molar-refractivity contribution < 1.29 is 22.7 Å².